The predicted octanol–water partition coefficient (Wildman–Crippen LogP) is -0.0103. The van der Waals surface area contributed by atoms with E-state index >= 15 is 0 Å². The summed E-state index contributed by atoms with van der Waals surface area (Å²) in [5, 5.41) is 7.25. The molecule has 2 aromatic heterocycles. The molecule has 0 aromatic carbocycles. The zero-order chi connectivity index (χ0) is 20.3. The lowest BCUT2D eigenvalue weighted by Crippen LogP contribution is -2.48. The summed E-state index contributed by atoms with van der Waals surface area (Å²) >= 11 is 0. The Morgan fingerprint density at radius 2 is 2.04 bits per heavy atom. The molecule has 2 aromatic rings. The summed E-state index contributed by atoms with van der Waals surface area (Å²) in [6.45, 7) is 4.89. The quantitative estimate of drug-likeness (QED) is 0.660. The maximum absolute atomic E-state index is 12.3. The molecule has 0 bridgehead atoms. The van der Waals surface area contributed by atoms with Crippen molar-refractivity contribution >= 4 is 11.7 Å². The highest BCUT2D eigenvalue weighted by Crippen LogP contribution is 2.22. The van der Waals surface area contributed by atoms with Crippen LogP contribution < -0.4 is 27.0 Å². The number of nitrogens with zero attached hydrogens (tertiary/aromatic N) is 3. The van der Waals surface area contributed by atoms with Crippen LogP contribution in [-0.4, -0.2) is 44.8 Å². The van der Waals surface area contributed by atoms with Gasteiger partial charge in [-0.25, -0.2) is 9.48 Å². The first kappa shape index (κ1) is 19.6. The van der Waals surface area contributed by atoms with Crippen molar-refractivity contribution in [2.75, 3.05) is 18.0 Å². The van der Waals surface area contributed by atoms with Gasteiger partial charge in [0.15, 0.2) is 0 Å². The van der Waals surface area contributed by atoms with Crippen molar-refractivity contribution in [1.82, 2.24) is 25.1 Å². The lowest BCUT2D eigenvalue weighted by molar-refractivity contribution is 0.0944. The Labute approximate surface area is 160 Å². The van der Waals surface area contributed by atoms with E-state index in [-0.39, 0.29) is 23.3 Å². The summed E-state index contributed by atoms with van der Waals surface area (Å²) in [4.78, 5) is 53.4. The van der Waals surface area contributed by atoms with Gasteiger partial charge in [0.1, 0.15) is 11.5 Å². The molecule has 1 amide bonds. The van der Waals surface area contributed by atoms with Crippen LogP contribution in [0.2, 0.25) is 0 Å². The first-order valence-corrected chi connectivity index (χ1v) is 9.33. The van der Waals surface area contributed by atoms with Gasteiger partial charge in [0.2, 0.25) is 0 Å². The lowest BCUT2D eigenvalue weighted by atomic mass is 10.0. The van der Waals surface area contributed by atoms with E-state index in [1.165, 1.54) is 10.7 Å². The number of H-pyrrole nitrogens is 2. The molecule has 0 radical (unpaired) electrons. The van der Waals surface area contributed by atoms with Crippen LogP contribution in [0.4, 0.5) is 5.82 Å². The summed E-state index contributed by atoms with van der Waals surface area (Å²) in [7, 11) is 0. The molecule has 1 aliphatic heterocycles. The first-order chi connectivity index (χ1) is 13.3. The molecule has 150 valence electrons. The molecule has 28 heavy (non-hydrogen) atoms. The van der Waals surface area contributed by atoms with E-state index < -0.39 is 17.2 Å². The van der Waals surface area contributed by atoms with Gasteiger partial charge in [-0.1, -0.05) is 0 Å². The number of anilines is 1. The van der Waals surface area contributed by atoms with E-state index in [1.807, 2.05) is 18.8 Å². The summed E-state index contributed by atoms with van der Waals surface area (Å²) in [6, 6.07) is 4.21. The molecule has 1 fully saturated rings. The fraction of sp³-hybridized carbons (Fsp3) is 0.500. The number of amides is 1. The van der Waals surface area contributed by atoms with Crippen molar-refractivity contribution in [2.24, 2.45) is 0 Å². The minimum absolute atomic E-state index is 0.00275. The average Bonchev–Trinajstić information content (AvgIpc) is 2.66. The van der Waals surface area contributed by atoms with Crippen molar-refractivity contribution < 1.29 is 4.79 Å². The fourth-order valence-corrected chi connectivity index (χ4v) is 3.35. The number of hydrogen-bond donors (Lipinski definition) is 3. The minimum Gasteiger partial charge on any atom is -0.350 e. The van der Waals surface area contributed by atoms with Crippen molar-refractivity contribution in [3.63, 3.8) is 0 Å². The lowest BCUT2D eigenvalue weighted by Gasteiger charge is -2.36. The van der Waals surface area contributed by atoms with Gasteiger partial charge >= 0.3 is 5.69 Å². The van der Waals surface area contributed by atoms with Crippen LogP contribution in [0.25, 0.3) is 0 Å². The Morgan fingerprint density at radius 3 is 2.75 bits per heavy atom. The average molecular weight is 388 g/mol. The third-order valence-electron chi connectivity index (χ3n) is 4.72. The summed E-state index contributed by atoms with van der Waals surface area (Å²) < 4.78 is 1.45. The third kappa shape index (κ3) is 4.38. The number of nitrogens with one attached hydrogen (secondary N) is 3. The number of aromatic amines is 2. The molecule has 10 heteroatoms. The zero-order valence-electron chi connectivity index (χ0n) is 15.9. The third-order valence-corrected chi connectivity index (χ3v) is 4.72. The Kier molecular flexibility index (Phi) is 5.76. The van der Waals surface area contributed by atoms with E-state index in [1.54, 1.807) is 6.07 Å². The normalized spacial score (nSPS) is 17.0. The second kappa shape index (κ2) is 8.24. The highest BCUT2D eigenvalue weighted by Gasteiger charge is 2.25. The standard InChI is InChI=1S/C18H24N6O4/c1-11(2)24-16(26)7-6-14(22-24)23-8-4-3-5-12(23)10-19-17(27)13-9-15(25)21-18(28)20-13/h6-7,9,11-12H,3-5,8,10H2,1-2H3,(H,19,27)(H2,20,21,25,28). The highest BCUT2D eigenvalue weighted by molar-refractivity contribution is 5.92. The molecule has 1 aliphatic rings. The largest absolute Gasteiger partial charge is 0.350 e. The molecule has 0 saturated carbocycles. The molecule has 10 nitrogen and oxygen atoms in total. The van der Waals surface area contributed by atoms with E-state index in [0.29, 0.717) is 12.4 Å². The molecule has 0 aliphatic carbocycles. The van der Waals surface area contributed by atoms with E-state index in [9.17, 15) is 19.2 Å². The molecular formula is C18H24N6O4. The van der Waals surface area contributed by atoms with Gasteiger partial charge in [0.25, 0.3) is 17.0 Å². The number of aromatic nitrogens is 4. The topological polar surface area (TPSA) is 133 Å². The first-order valence-electron chi connectivity index (χ1n) is 9.33. The SMILES string of the molecule is CC(C)n1nc(N2CCCCC2CNC(=O)c2cc(=O)[nH]c(=O)[nH]2)ccc1=O. The number of rotatable bonds is 5. The van der Waals surface area contributed by atoms with Crippen LogP contribution in [0.3, 0.4) is 0 Å². The van der Waals surface area contributed by atoms with Crippen LogP contribution in [0.15, 0.2) is 32.6 Å². The summed E-state index contributed by atoms with van der Waals surface area (Å²) in [5.41, 5.74) is -1.59. The molecule has 3 N–H and O–H groups in total. The van der Waals surface area contributed by atoms with Crippen LogP contribution in [-0.2, 0) is 0 Å². The second-order valence-electron chi connectivity index (χ2n) is 7.12. The van der Waals surface area contributed by atoms with Crippen molar-refractivity contribution in [1.29, 1.82) is 0 Å². The van der Waals surface area contributed by atoms with Gasteiger partial charge in [0.05, 0.1) is 6.04 Å². The molecule has 3 rings (SSSR count). The number of carbonyl (C=O) groups excluding carboxylic acids is 1. The fourth-order valence-electron chi connectivity index (χ4n) is 3.35. The van der Waals surface area contributed by atoms with E-state index in [0.717, 1.165) is 31.9 Å². The molecule has 0 spiro atoms. The van der Waals surface area contributed by atoms with Crippen LogP contribution >= 0.6 is 0 Å². The van der Waals surface area contributed by atoms with Gasteiger partial charge in [-0.05, 0) is 39.2 Å². The van der Waals surface area contributed by atoms with Gasteiger partial charge in [-0.2, -0.15) is 5.10 Å². The van der Waals surface area contributed by atoms with Crippen molar-refractivity contribution in [2.45, 2.75) is 45.2 Å². The number of carbonyl (C=O) groups is 1. The van der Waals surface area contributed by atoms with Crippen molar-refractivity contribution in [3.8, 4) is 0 Å². The van der Waals surface area contributed by atoms with E-state index in [2.05, 4.69) is 20.3 Å². The van der Waals surface area contributed by atoms with Crippen molar-refractivity contribution in [3.05, 3.63) is 55.1 Å². The van der Waals surface area contributed by atoms with Crippen LogP contribution in [0.1, 0.15) is 49.6 Å². The van der Waals surface area contributed by atoms with E-state index in [4.69, 9.17) is 0 Å². The molecule has 3 heterocycles. The van der Waals surface area contributed by atoms with Crippen LogP contribution in [0, 0.1) is 0 Å². The van der Waals surface area contributed by atoms with Gasteiger partial charge in [-0.15, -0.1) is 0 Å². The van der Waals surface area contributed by atoms with Crippen LogP contribution in [0.5, 0.6) is 0 Å². The Bertz CT molecular complexity index is 993. The molecular weight excluding hydrogens is 364 g/mol. The van der Waals surface area contributed by atoms with Gasteiger partial charge in [-0.3, -0.25) is 19.4 Å². The molecule has 1 saturated heterocycles. The maximum Gasteiger partial charge on any atom is 0.326 e. The minimum atomic E-state index is -0.725. The smallest absolute Gasteiger partial charge is 0.326 e. The molecule has 1 atom stereocenters. The summed E-state index contributed by atoms with van der Waals surface area (Å²) in [6.07, 6.45) is 2.87. The van der Waals surface area contributed by atoms with Gasteiger partial charge < -0.3 is 15.2 Å². The Hall–Kier alpha value is -3.17. The summed E-state index contributed by atoms with van der Waals surface area (Å²) in [5.74, 6) is 0.172. The monoisotopic (exact) mass is 388 g/mol. The number of piperidine rings is 1. The number of hydrogen-bond acceptors (Lipinski definition) is 6. The Morgan fingerprint density at radius 1 is 1.25 bits per heavy atom. The Balaban J connectivity index is 1.76. The maximum atomic E-state index is 12.3. The zero-order valence-corrected chi connectivity index (χ0v) is 15.9. The predicted molar refractivity (Wildman–Crippen MR) is 104 cm³/mol. The second-order valence-corrected chi connectivity index (χ2v) is 7.12. The molecule has 1 unspecified atom stereocenters. The highest BCUT2D eigenvalue weighted by atomic mass is 16.2. The van der Waals surface area contributed by atoms with Gasteiger partial charge in [0, 0.05) is 31.3 Å².